The van der Waals surface area contributed by atoms with Crippen molar-refractivity contribution < 1.29 is 13.9 Å². The maximum atomic E-state index is 13.2. The van der Waals surface area contributed by atoms with Crippen molar-refractivity contribution in [2.75, 3.05) is 0 Å². The van der Waals surface area contributed by atoms with Gasteiger partial charge >= 0.3 is 5.97 Å². The van der Waals surface area contributed by atoms with Gasteiger partial charge in [0.05, 0.1) is 12.7 Å². The number of nitrogens with zero attached hydrogens (tertiary/aromatic N) is 4. The SMILES string of the molecule is C[C@@H](OC(=O)c1cn(Cc2cccc(F)c2)nn1)c1nccs1. The van der Waals surface area contributed by atoms with Crippen LogP contribution in [0.25, 0.3) is 0 Å². The summed E-state index contributed by atoms with van der Waals surface area (Å²) in [4.78, 5) is 16.1. The third-order valence-corrected chi connectivity index (χ3v) is 4.00. The van der Waals surface area contributed by atoms with Crippen molar-refractivity contribution in [1.29, 1.82) is 0 Å². The Labute approximate surface area is 135 Å². The zero-order valence-corrected chi connectivity index (χ0v) is 13.0. The first-order chi connectivity index (χ1) is 11.1. The van der Waals surface area contributed by atoms with Gasteiger partial charge in [0.2, 0.25) is 0 Å². The zero-order chi connectivity index (χ0) is 16.2. The predicted molar refractivity (Wildman–Crippen MR) is 81.5 cm³/mol. The average Bonchev–Trinajstić information content (AvgIpc) is 3.18. The molecule has 0 aliphatic rings. The summed E-state index contributed by atoms with van der Waals surface area (Å²) in [7, 11) is 0. The second-order valence-electron chi connectivity index (χ2n) is 4.85. The van der Waals surface area contributed by atoms with Gasteiger partial charge in [-0.2, -0.15) is 0 Å². The predicted octanol–water partition coefficient (Wildman–Crippen LogP) is 2.84. The first-order valence-electron chi connectivity index (χ1n) is 6.87. The van der Waals surface area contributed by atoms with E-state index in [1.165, 1.54) is 34.3 Å². The van der Waals surface area contributed by atoms with Crippen LogP contribution in [0.5, 0.6) is 0 Å². The standard InChI is InChI=1S/C15H13FN4O2S/c1-10(14-17-5-6-23-14)22-15(21)13-9-20(19-18-13)8-11-3-2-4-12(16)7-11/h2-7,9-10H,8H2,1H3/t10-/m1/s1. The normalized spacial score (nSPS) is 12.1. The van der Waals surface area contributed by atoms with E-state index >= 15 is 0 Å². The summed E-state index contributed by atoms with van der Waals surface area (Å²) in [5.41, 5.74) is 0.829. The van der Waals surface area contributed by atoms with Gasteiger partial charge in [0.15, 0.2) is 11.8 Å². The van der Waals surface area contributed by atoms with E-state index in [0.29, 0.717) is 11.6 Å². The second-order valence-corrected chi connectivity index (χ2v) is 5.78. The van der Waals surface area contributed by atoms with Gasteiger partial charge in [0.25, 0.3) is 0 Å². The van der Waals surface area contributed by atoms with E-state index in [1.807, 2.05) is 5.38 Å². The molecule has 0 bridgehead atoms. The Balaban J connectivity index is 1.65. The Hall–Kier alpha value is -2.61. The molecule has 0 fully saturated rings. The van der Waals surface area contributed by atoms with Gasteiger partial charge in [-0.25, -0.2) is 18.9 Å². The van der Waals surface area contributed by atoms with Gasteiger partial charge in [0.1, 0.15) is 10.8 Å². The molecular formula is C15H13FN4O2S. The Kier molecular flexibility index (Phi) is 4.42. The molecule has 0 radical (unpaired) electrons. The largest absolute Gasteiger partial charge is 0.450 e. The van der Waals surface area contributed by atoms with Crippen molar-refractivity contribution in [3.8, 4) is 0 Å². The minimum absolute atomic E-state index is 0.102. The smallest absolute Gasteiger partial charge is 0.361 e. The molecule has 0 saturated heterocycles. The quantitative estimate of drug-likeness (QED) is 0.672. The lowest BCUT2D eigenvalue weighted by atomic mass is 10.2. The van der Waals surface area contributed by atoms with Crippen LogP contribution in [0, 0.1) is 5.82 Å². The minimum Gasteiger partial charge on any atom is -0.450 e. The van der Waals surface area contributed by atoms with Crippen LogP contribution in [0.2, 0.25) is 0 Å². The van der Waals surface area contributed by atoms with Crippen molar-refractivity contribution in [2.24, 2.45) is 0 Å². The molecule has 0 amide bonds. The van der Waals surface area contributed by atoms with E-state index < -0.39 is 12.1 Å². The van der Waals surface area contributed by atoms with E-state index in [2.05, 4.69) is 15.3 Å². The number of aromatic nitrogens is 4. The molecule has 6 nitrogen and oxygen atoms in total. The van der Waals surface area contributed by atoms with Crippen molar-refractivity contribution in [3.63, 3.8) is 0 Å². The summed E-state index contributed by atoms with van der Waals surface area (Å²) in [6, 6.07) is 6.16. The monoisotopic (exact) mass is 332 g/mol. The molecule has 0 aliphatic carbocycles. The van der Waals surface area contributed by atoms with Crippen molar-refractivity contribution in [3.05, 3.63) is 64.1 Å². The molecular weight excluding hydrogens is 319 g/mol. The second kappa shape index (κ2) is 6.66. The Morgan fingerprint density at radius 1 is 1.48 bits per heavy atom. The molecule has 2 aromatic heterocycles. The average molecular weight is 332 g/mol. The maximum Gasteiger partial charge on any atom is 0.361 e. The van der Waals surface area contributed by atoms with Gasteiger partial charge in [0, 0.05) is 11.6 Å². The number of ether oxygens (including phenoxy) is 1. The van der Waals surface area contributed by atoms with Crippen LogP contribution in [-0.2, 0) is 11.3 Å². The van der Waals surface area contributed by atoms with E-state index in [1.54, 1.807) is 25.3 Å². The Morgan fingerprint density at radius 2 is 2.35 bits per heavy atom. The first kappa shape index (κ1) is 15.3. The Bertz CT molecular complexity index is 803. The fraction of sp³-hybridized carbons (Fsp3) is 0.200. The van der Waals surface area contributed by atoms with Crippen molar-refractivity contribution >= 4 is 17.3 Å². The number of carbonyl (C=O) groups is 1. The summed E-state index contributed by atoms with van der Waals surface area (Å²) in [5.74, 6) is -0.891. The van der Waals surface area contributed by atoms with Crippen LogP contribution in [0.1, 0.15) is 34.1 Å². The van der Waals surface area contributed by atoms with E-state index in [4.69, 9.17) is 4.74 Å². The zero-order valence-electron chi connectivity index (χ0n) is 12.2. The number of thiazole rings is 1. The number of halogens is 1. The number of carbonyl (C=O) groups excluding carboxylic acids is 1. The van der Waals surface area contributed by atoms with Crippen LogP contribution in [0.15, 0.2) is 42.0 Å². The molecule has 3 rings (SSSR count). The molecule has 1 atom stereocenters. The third-order valence-electron chi connectivity index (χ3n) is 3.06. The topological polar surface area (TPSA) is 69.9 Å². The molecule has 23 heavy (non-hydrogen) atoms. The highest BCUT2D eigenvalue weighted by Gasteiger charge is 2.18. The molecule has 1 aromatic carbocycles. The number of esters is 1. The highest BCUT2D eigenvalue weighted by Crippen LogP contribution is 2.20. The first-order valence-corrected chi connectivity index (χ1v) is 7.75. The van der Waals surface area contributed by atoms with Gasteiger partial charge in [-0.1, -0.05) is 17.3 Å². The molecule has 8 heteroatoms. The van der Waals surface area contributed by atoms with Crippen molar-refractivity contribution in [1.82, 2.24) is 20.0 Å². The number of hydrogen-bond donors (Lipinski definition) is 0. The van der Waals surface area contributed by atoms with E-state index in [0.717, 1.165) is 5.56 Å². The molecule has 0 unspecified atom stereocenters. The molecule has 3 aromatic rings. The lowest BCUT2D eigenvalue weighted by Gasteiger charge is -2.08. The molecule has 118 valence electrons. The number of hydrogen-bond acceptors (Lipinski definition) is 6. The number of benzene rings is 1. The fourth-order valence-electron chi connectivity index (χ4n) is 2.00. The summed E-state index contributed by atoms with van der Waals surface area (Å²) in [6.07, 6.45) is 2.68. The van der Waals surface area contributed by atoms with Crippen LogP contribution in [-0.4, -0.2) is 25.9 Å². The summed E-state index contributed by atoms with van der Waals surface area (Å²) < 4.78 is 19.9. The summed E-state index contributed by atoms with van der Waals surface area (Å²) >= 11 is 1.41. The number of rotatable bonds is 5. The fourth-order valence-corrected chi connectivity index (χ4v) is 2.62. The molecule has 2 heterocycles. The van der Waals surface area contributed by atoms with Crippen LogP contribution in [0.3, 0.4) is 0 Å². The van der Waals surface area contributed by atoms with Gasteiger partial charge in [-0.05, 0) is 24.6 Å². The maximum absolute atomic E-state index is 13.2. The molecule has 0 spiro atoms. The van der Waals surface area contributed by atoms with Crippen LogP contribution < -0.4 is 0 Å². The molecule has 0 N–H and O–H groups in total. The van der Waals surface area contributed by atoms with E-state index in [-0.39, 0.29) is 11.5 Å². The highest BCUT2D eigenvalue weighted by molar-refractivity contribution is 7.09. The Morgan fingerprint density at radius 3 is 3.09 bits per heavy atom. The minimum atomic E-state index is -0.571. The van der Waals surface area contributed by atoms with E-state index in [9.17, 15) is 9.18 Å². The van der Waals surface area contributed by atoms with Gasteiger partial charge < -0.3 is 4.74 Å². The van der Waals surface area contributed by atoms with Crippen molar-refractivity contribution in [2.45, 2.75) is 19.6 Å². The van der Waals surface area contributed by atoms with Gasteiger partial charge in [-0.3, -0.25) is 0 Å². The summed E-state index contributed by atoms with van der Waals surface area (Å²) in [6.45, 7) is 2.06. The van der Waals surface area contributed by atoms with Gasteiger partial charge in [-0.15, -0.1) is 16.4 Å². The lowest BCUT2D eigenvalue weighted by molar-refractivity contribution is 0.0330. The molecule has 0 saturated carbocycles. The van der Waals surface area contributed by atoms with Crippen LogP contribution in [0.4, 0.5) is 4.39 Å². The summed E-state index contributed by atoms with van der Waals surface area (Å²) in [5, 5.41) is 10.2. The highest BCUT2D eigenvalue weighted by atomic mass is 32.1. The third kappa shape index (κ3) is 3.78. The molecule has 0 aliphatic heterocycles. The van der Waals surface area contributed by atoms with Crippen LogP contribution >= 0.6 is 11.3 Å². The lowest BCUT2D eigenvalue weighted by Crippen LogP contribution is -2.09.